The molecule has 1 aliphatic carbocycles. The quantitative estimate of drug-likeness (QED) is 0.788. The maximum Gasteiger partial charge on any atom is 0.255 e. The maximum atomic E-state index is 12.7. The third kappa shape index (κ3) is 4.97. The molecule has 1 aliphatic heterocycles. The Kier molecular flexibility index (Phi) is 6.13. The molecular formula is C24H28N2O3. The van der Waals surface area contributed by atoms with E-state index in [1.807, 2.05) is 35.2 Å². The number of hydrogen-bond acceptors (Lipinski definition) is 3. The van der Waals surface area contributed by atoms with E-state index in [2.05, 4.69) is 5.32 Å². The maximum absolute atomic E-state index is 12.7. The molecule has 152 valence electrons. The van der Waals surface area contributed by atoms with Gasteiger partial charge in [0.25, 0.3) is 11.8 Å². The minimum Gasteiger partial charge on any atom is -0.490 e. The van der Waals surface area contributed by atoms with Gasteiger partial charge in [-0.25, -0.2) is 0 Å². The summed E-state index contributed by atoms with van der Waals surface area (Å²) >= 11 is 0. The average molecular weight is 392 g/mol. The largest absolute Gasteiger partial charge is 0.490 e. The highest BCUT2D eigenvalue weighted by molar-refractivity contribution is 6.05. The Bertz CT molecular complexity index is 868. The SMILES string of the molecule is O=C(Nc1cccc(C(=O)N2CCCCC2)c1)c1cccc(OC2CCCC2)c1. The number of benzene rings is 2. The van der Waals surface area contributed by atoms with Crippen LogP contribution in [0.25, 0.3) is 0 Å². The smallest absolute Gasteiger partial charge is 0.255 e. The van der Waals surface area contributed by atoms with Crippen LogP contribution in [-0.4, -0.2) is 35.9 Å². The monoisotopic (exact) mass is 392 g/mol. The molecule has 1 saturated heterocycles. The number of rotatable bonds is 5. The Morgan fingerprint density at radius 1 is 0.862 bits per heavy atom. The zero-order chi connectivity index (χ0) is 20.1. The van der Waals surface area contributed by atoms with Crippen LogP contribution in [0.2, 0.25) is 0 Å². The van der Waals surface area contributed by atoms with E-state index in [1.54, 1.807) is 18.2 Å². The molecule has 0 atom stereocenters. The molecule has 29 heavy (non-hydrogen) atoms. The number of likely N-dealkylation sites (tertiary alicyclic amines) is 1. The van der Waals surface area contributed by atoms with E-state index < -0.39 is 0 Å². The van der Waals surface area contributed by atoms with E-state index in [9.17, 15) is 9.59 Å². The van der Waals surface area contributed by atoms with Crippen LogP contribution in [0.4, 0.5) is 5.69 Å². The highest BCUT2D eigenvalue weighted by Gasteiger charge is 2.19. The molecule has 1 N–H and O–H groups in total. The van der Waals surface area contributed by atoms with Crippen LogP contribution in [0.3, 0.4) is 0 Å². The van der Waals surface area contributed by atoms with E-state index in [0.29, 0.717) is 16.8 Å². The lowest BCUT2D eigenvalue weighted by atomic mass is 10.1. The molecule has 0 radical (unpaired) electrons. The molecule has 2 amide bonds. The summed E-state index contributed by atoms with van der Waals surface area (Å²) in [6.07, 6.45) is 8.12. The van der Waals surface area contributed by atoms with Crippen LogP contribution in [0.15, 0.2) is 48.5 Å². The molecule has 2 fully saturated rings. The predicted octanol–water partition coefficient (Wildman–Crippen LogP) is 4.89. The molecule has 0 bridgehead atoms. The molecule has 4 rings (SSSR count). The summed E-state index contributed by atoms with van der Waals surface area (Å²) in [5.41, 5.74) is 1.79. The van der Waals surface area contributed by atoms with Gasteiger partial charge in [-0.1, -0.05) is 12.1 Å². The first-order valence-corrected chi connectivity index (χ1v) is 10.7. The molecular weight excluding hydrogens is 364 g/mol. The van der Waals surface area contributed by atoms with Crippen LogP contribution >= 0.6 is 0 Å². The molecule has 1 saturated carbocycles. The van der Waals surface area contributed by atoms with Gasteiger partial charge in [-0.2, -0.15) is 0 Å². The van der Waals surface area contributed by atoms with Gasteiger partial charge in [-0.3, -0.25) is 9.59 Å². The van der Waals surface area contributed by atoms with Gasteiger partial charge in [-0.05, 0) is 81.3 Å². The van der Waals surface area contributed by atoms with Crippen molar-refractivity contribution in [1.29, 1.82) is 0 Å². The van der Waals surface area contributed by atoms with Gasteiger partial charge in [0.05, 0.1) is 6.10 Å². The molecule has 2 aromatic rings. The van der Waals surface area contributed by atoms with Crippen LogP contribution in [0.1, 0.15) is 65.7 Å². The van der Waals surface area contributed by atoms with E-state index >= 15 is 0 Å². The minimum absolute atomic E-state index is 0.0350. The van der Waals surface area contributed by atoms with Crippen molar-refractivity contribution in [2.24, 2.45) is 0 Å². The highest BCUT2D eigenvalue weighted by atomic mass is 16.5. The number of amides is 2. The second-order valence-electron chi connectivity index (χ2n) is 7.94. The fourth-order valence-electron chi connectivity index (χ4n) is 4.12. The van der Waals surface area contributed by atoms with Gasteiger partial charge in [-0.15, -0.1) is 0 Å². The standard InChI is InChI=1S/C24H28N2O3/c27-23(18-8-7-13-22(17-18)29-21-11-2-3-12-21)25-20-10-6-9-19(16-20)24(28)26-14-4-1-5-15-26/h6-10,13,16-17,21H,1-5,11-12,14-15H2,(H,25,27). The van der Waals surface area contributed by atoms with Crippen molar-refractivity contribution >= 4 is 17.5 Å². The first kappa shape index (κ1) is 19.5. The van der Waals surface area contributed by atoms with Gasteiger partial charge >= 0.3 is 0 Å². The zero-order valence-corrected chi connectivity index (χ0v) is 16.7. The molecule has 2 aromatic carbocycles. The molecule has 0 unspecified atom stereocenters. The second kappa shape index (κ2) is 9.12. The van der Waals surface area contributed by atoms with Crippen molar-refractivity contribution < 1.29 is 14.3 Å². The van der Waals surface area contributed by atoms with Crippen LogP contribution in [0.5, 0.6) is 5.75 Å². The Morgan fingerprint density at radius 2 is 1.59 bits per heavy atom. The topological polar surface area (TPSA) is 58.6 Å². The van der Waals surface area contributed by atoms with Gasteiger partial charge in [0, 0.05) is 29.9 Å². The first-order chi connectivity index (χ1) is 14.2. The second-order valence-corrected chi connectivity index (χ2v) is 7.94. The van der Waals surface area contributed by atoms with Crippen molar-refractivity contribution in [2.75, 3.05) is 18.4 Å². The lowest BCUT2D eigenvalue weighted by Gasteiger charge is -2.26. The fraction of sp³-hybridized carbons (Fsp3) is 0.417. The predicted molar refractivity (Wildman–Crippen MR) is 113 cm³/mol. The first-order valence-electron chi connectivity index (χ1n) is 10.7. The van der Waals surface area contributed by atoms with Crippen LogP contribution in [-0.2, 0) is 0 Å². The summed E-state index contributed by atoms with van der Waals surface area (Å²) in [6, 6.07) is 14.5. The summed E-state index contributed by atoms with van der Waals surface area (Å²) in [4.78, 5) is 27.3. The van der Waals surface area contributed by atoms with E-state index in [0.717, 1.165) is 44.5 Å². The Hall–Kier alpha value is -2.82. The van der Waals surface area contributed by atoms with E-state index in [1.165, 1.54) is 19.3 Å². The lowest BCUT2D eigenvalue weighted by molar-refractivity contribution is 0.0724. The van der Waals surface area contributed by atoms with E-state index in [4.69, 9.17) is 4.74 Å². The van der Waals surface area contributed by atoms with Crippen molar-refractivity contribution in [3.63, 3.8) is 0 Å². The van der Waals surface area contributed by atoms with Crippen molar-refractivity contribution in [3.05, 3.63) is 59.7 Å². The normalized spacial score (nSPS) is 17.2. The summed E-state index contributed by atoms with van der Waals surface area (Å²) in [5, 5.41) is 2.91. The molecule has 5 nitrogen and oxygen atoms in total. The molecule has 0 spiro atoms. The number of carbonyl (C=O) groups excluding carboxylic acids is 2. The lowest BCUT2D eigenvalue weighted by Crippen LogP contribution is -2.35. The third-order valence-electron chi connectivity index (χ3n) is 5.71. The van der Waals surface area contributed by atoms with Crippen LogP contribution < -0.4 is 10.1 Å². The summed E-state index contributed by atoms with van der Waals surface area (Å²) in [7, 11) is 0. The minimum atomic E-state index is -0.204. The Morgan fingerprint density at radius 3 is 2.38 bits per heavy atom. The fourth-order valence-corrected chi connectivity index (χ4v) is 4.12. The molecule has 1 heterocycles. The van der Waals surface area contributed by atoms with Gasteiger partial charge < -0.3 is 15.0 Å². The van der Waals surface area contributed by atoms with Crippen LogP contribution in [0, 0.1) is 0 Å². The highest BCUT2D eigenvalue weighted by Crippen LogP contribution is 2.25. The number of piperidine rings is 1. The Balaban J connectivity index is 1.42. The van der Waals surface area contributed by atoms with Gasteiger partial charge in [0.2, 0.25) is 0 Å². The third-order valence-corrected chi connectivity index (χ3v) is 5.71. The number of carbonyl (C=O) groups is 2. The van der Waals surface area contributed by atoms with Crippen molar-refractivity contribution in [3.8, 4) is 5.75 Å². The average Bonchev–Trinajstić information content (AvgIpc) is 3.27. The summed E-state index contributed by atoms with van der Waals surface area (Å²) < 4.78 is 6.00. The Labute approximate surface area is 172 Å². The van der Waals surface area contributed by atoms with E-state index in [-0.39, 0.29) is 17.9 Å². The molecule has 0 aromatic heterocycles. The molecule has 2 aliphatic rings. The van der Waals surface area contributed by atoms with Gasteiger partial charge in [0.15, 0.2) is 0 Å². The van der Waals surface area contributed by atoms with Gasteiger partial charge in [0.1, 0.15) is 5.75 Å². The molecule has 5 heteroatoms. The number of anilines is 1. The summed E-state index contributed by atoms with van der Waals surface area (Å²) in [5.74, 6) is 0.566. The number of nitrogens with zero attached hydrogens (tertiary/aromatic N) is 1. The zero-order valence-electron chi connectivity index (χ0n) is 16.7. The number of hydrogen-bond donors (Lipinski definition) is 1. The van der Waals surface area contributed by atoms with Crippen molar-refractivity contribution in [1.82, 2.24) is 4.90 Å². The van der Waals surface area contributed by atoms with Crippen molar-refractivity contribution in [2.45, 2.75) is 51.0 Å². The summed E-state index contributed by atoms with van der Waals surface area (Å²) in [6.45, 7) is 1.62. The number of nitrogens with one attached hydrogen (secondary N) is 1. The number of ether oxygens (including phenoxy) is 1.